The average molecular weight is 397 g/mol. The van der Waals surface area contributed by atoms with E-state index in [0.717, 1.165) is 0 Å². The van der Waals surface area contributed by atoms with Gasteiger partial charge in [-0.15, -0.1) is 4.91 Å². The zero-order chi connectivity index (χ0) is 21.2. The molecule has 0 aliphatic rings. The number of hydrogen-bond acceptors (Lipinski definition) is 7. The molecule has 0 saturated carbocycles. The second-order valence-corrected chi connectivity index (χ2v) is 5.83. The fourth-order valence-corrected chi connectivity index (χ4v) is 2.24. The van der Waals surface area contributed by atoms with Gasteiger partial charge in [-0.3, -0.25) is 0 Å². The highest BCUT2D eigenvalue weighted by atomic mass is 16.6. The van der Waals surface area contributed by atoms with E-state index in [1.165, 1.54) is 17.5 Å². The summed E-state index contributed by atoms with van der Waals surface area (Å²) >= 11 is 0. The molecule has 2 N–H and O–H groups in total. The van der Waals surface area contributed by atoms with Crippen molar-refractivity contribution in [2.75, 3.05) is 19.0 Å². The SMILES string of the molecule is CN(C)c1cc(C(=O)O)cc(Oc2cccc(Oc3ccccc3)c2)n1.O=NO. The number of benzene rings is 2. The van der Waals surface area contributed by atoms with E-state index in [9.17, 15) is 9.90 Å². The van der Waals surface area contributed by atoms with Gasteiger partial charge in [0.2, 0.25) is 5.88 Å². The molecule has 1 aromatic heterocycles. The molecule has 9 nitrogen and oxygen atoms in total. The smallest absolute Gasteiger partial charge is 0.336 e. The van der Waals surface area contributed by atoms with Gasteiger partial charge < -0.3 is 24.7 Å². The van der Waals surface area contributed by atoms with E-state index in [1.807, 2.05) is 36.4 Å². The summed E-state index contributed by atoms with van der Waals surface area (Å²) in [4.78, 5) is 25.5. The Bertz CT molecular complexity index is 963. The number of para-hydroxylation sites is 1. The highest BCUT2D eigenvalue weighted by molar-refractivity contribution is 5.89. The monoisotopic (exact) mass is 397 g/mol. The lowest BCUT2D eigenvalue weighted by atomic mass is 10.2. The fourth-order valence-electron chi connectivity index (χ4n) is 2.24. The second kappa shape index (κ2) is 10.3. The van der Waals surface area contributed by atoms with E-state index in [-0.39, 0.29) is 11.4 Å². The molecular formula is C20H19N3O6. The first-order chi connectivity index (χ1) is 13.9. The predicted octanol–water partition coefficient (Wildman–Crippen LogP) is 4.57. The highest BCUT2D eigenvalue weighted by Gasteiger charge is 2.11. The summed E-state index contributed by atoms with van der Waals surface area (Å²) in [5.41, 5.74) is 0.107. The normalized spacial score (nSPS) is 9.59. The van der Waals surface area contributed by atoms with E-state index >= 15 is 0 Å². The molecule has 0 unspecified atom stereocenters. The van der Waals surface area contributed by atoms with Crippen LogP contribution in [0.15, 0.2) is 72.1 Å². The van der Waals surface area contributed by atoms with Crippen LogP contribution in [0, 0.1) is 4.91 Å². The van der Waals surface area contributed by atoms with Crippen molar-refractivity contribution in [1.29, 1.82) is 0 Å². The molecule has 0 bridgehead atoms. The maximum absolute atomic E-state index is 11.3. The molecular weight excluding hydrogens is 378 g/mol. The number of aromatic nitrogens is 1. The van der Waals surface area contributed by atoms with Crippen LogP contribution in [0.2, 0.25) is 0 Å². The summed E-state index contributed by atoms with van der Waals surface area (Å²) in [7, 11) is 3.57. The maximum Gasteiger partial charge on any atom is 0.336 e. The lowest BCUT2D eigenvalue weighted by Gasteiger charge is -2.14. The van der Waals surface area contributed by atoms with Gasteiger partial charge in [0, 0.05) is 26.2 Å². The van der Waals surface area contributed by atoms with Crippen LogP contribution in [0.1, 0.15) is 10.4 Å². The van der Waals surface area contributed by atoms with Crippen LogP contribution in [0.3, 0.4) is 0 Å². The standard InChI is InChI=1S/C20H18N2O4.HNO2/c1-22(2)18-11-14(20(23)24)12-19(21-18)26-17-10-6-9-16(13-17)25-15-7-4-3-5-8-15;2-1-3/h3-13H,1-2H3,(H,23,24);(H,2,3). The molecule has 0 radical (unpaired) electrons. The summed E-state index contributed by atoms with van der Waals surface area (Å²) in [6.07, 6.45) is 0. The summed E-state index contributed by atoms with van der Waals surface area (Å²) in [5, 5.41) is 17.2. The number of aromatic carboxylic acids is 1. The van der Waals surface area contributed by atoms with Gasteiger partial charge in [0.25, 0.3) is 0 Å². The van der Waals surface area contributed by atoms with E-state index in [1.54, 1.807) is 37.2 Å². The number of pyridine rings is 1. The average Bonchev–Trinajstić information content (AvgIpc) is 2.69. The topological polar surface area (TPSA) is 122 Å². The van der Waals surface area contributed by atoms with Crippen LogP contribution in [0.25, 0.3) is 0 Å². The third-order valence-electron chi connectivity index (χ3n) is 3.50. The largest absolute Gasteiger partial charge is 0.478 e. The highest BCUT2D eigenvalue weighted by Crippen LogP contribution is 2.29. The Morgan fingerprint density at radius 3 is 2.10 bits per heavy atom. The Labute approximate surface area is 166 Å². The van der Waals surface area contributed by atoms with Gasteiger partial charge >= 0.3 is 5.97 Å². The van der Waals surface area contributed by atoms with Crippen molar-refractivity contribution in [2.24, 2.45) is 5.34 Å². The van der Waals surface area contributed by atoms with E-state index in [2.05, 4.69) is 4.98 Å². The molecule has 0 amide bonds. The molecule has 0 spiro atoms. The number of nitrogens with zero attached hydrogens (tertiary/aromatic N) is 3. The van der Waals surface area contributed by atoms with E-state index in [4.69, 9.17) is 19.6 Å². The summed E-state index contributed by atoms with van der Waals surface area (Å²) in [6.45, 7) is 0. The van der Waals surface area contributed by atoms with Gasteiger partial charge in [0.05, 0.1) is 5.56 Å². The first-order valence-corrected chi connectivity index (χ1v) is 8.33. The van der Waals surface area contributed by atoms with Gasteiger partial charge in [0.1, 0.15) is 23.1 Å². The van der Waals surface area contributed by atoms with Crippen molar-refractivity contribution in [1.82, 2.24) is 4.98 Å². The van der Waals surface area contributed by atoms with Crippen molar-refractivity contribution in [3.63, 3.8) is 0 Å². The van der Waals surface area contributed by atoms with Crippen molar-refractivity contribution < 1.29 is 24.6 Å². The van der Waals surface area contributed by atoms with Crippen LogP contribution in [-0.4, -0.2) is 35.4 Å². The fraction of sp³-hybridized carbons (Fsp3) is 0.100. The molecule has 0 aliphatic heterocycles. The second-order valence-electron chi connectivity index (χ2n) is 5.83. The minimum Gasteiger partial charge on any atom is -0.478 e. The van der Waals surface area contributed by atoms with E-state index in [0.29, 0.717) is 23.1 Å². The minimum atomic E-state index is -1.04. The van der Waals surface area contributed by atoms with Gasteiger partial charge in [-0.05, 0) is 30.3 Å². The van der Waals surface area contributed by atoms with Gasteiger partial charge in [0.15, 0.2) is 5.34 Å². The lowest BCUT2D eigenvalue weighted by molar-refractivity contribution is 0.0696. The summed E-state index contributed by atoms with van der Waals surface area (Å²) in [6, 6.07) is 19.4. The number of hydrogen-bond donors (Lipinski definition) is 2. The molecule has 1 heterocycles. The number of ether oxygens (including phenoxy) is 2. The maximum atomic E-state index is 11.3. The number of anilines is 1. The van der Waals surface area contributed by atoms with Crippen molar-refractivity contribution in [2.45, 2.75) is 0 Å². The molecule has 0 saturated heterocycles. The number of rotatable bonds is 6. The van der Waals surface area contributed by atoms with Crippen LogP contribution in [0.5, 0.6) is 23.1 Å². The molecule has 0 fully saturated rings. The van der Waals surface area contributed by atoms with Crippen molar-refractivity contribution in [3.05, 3.63) is 77.2 Å². The quantitative estimate of drug-likeness (QED) is 0.458. The molecule has 0 aliphatic carbocycles. The van der Waals surface area contributed by atoms with Crippen molar-refractivity contribution in [3.8, 4) is 23.1 Å². The van der Waals surface area contributed by atoms with Crippen LogP contribution in [-0.2, 0) is 0 Å². The van der Waals surface area contributed by atoms with Gasteiger partial charge in [-0.2, -0.15) is 4.98 Å². The van der Waals surface area contributed by atoms with Crippen LogP contribution < -0.4 is 14.4 Å². The first kappa shape index (κ1) is 21.2. The Morgan fingerprint density at radius 1 is 0.931 bits per heavy atom. The zero-order valence-electron chi connectivity index (χ0n) is 15.7. The first-order valence-electron chi connectivity index (χ1n) is 8.33. The van der Waals surface area contributed by atoms with Gasteiger partial charge in [-0.25, -0.2) is 4.79 Å². The Morgan fingerprint density at radius 2 is 1.52 bits per heavy atom. The Kier molecular flexibility index (Phi) is 7.49. The molecule has 3 rings (SSSR count). The molecule has 29 heavy (non-hydrogen) atoms. The Hall–Kier alpha value is -4.14. The minimum absolute atomic E-state index is 0.107. The molecule has 9 heteroatoms. The zero-order valence-corrected chi connectivity index (χ0v) is 15.7. The number of carboxylic acid groups (broad SMARTS) is 1. The van der Waals surface area contributed by atoms with Crippen LogP contribution >= 0.6 is 0 Å². The third kappa shape index (κ3) is 6.51. The summed E-state index contributed by atoms with van der Waals surface area (Å²) < 4.78 is 11.5. The van der Waals surface area contributed by atoms with Crippen molar-refractivity contribution >= 4 is 11.8 Å². The Balaban J connectivity index is 0.000000941. The molecule has 2 aromatic carbocycles. The number of carbonyl (C=O) groups is 1. The lowest BCUT2D eigenvalue weighted by Crippen LogP contribution is -2.12. The molecule has 3 aromatic rings. The molecule has 150 valence electrons. The number of carboxylic acids is 1. The third-order valence-corrected chi connectivity index (χ3v) is 3.50. The molecule has 0 atom stereocenters. The summed E-state index contributed by atoms with van der Waals surface area (Å²) in [5.74, 6) is 1.48. The van der Waals surface area contributed by atoms with Gasteiger partial charge in [-0.1, -0.05) is 24.3 Å². The predicted molar refractivity (Wildman–Crippen MR) is 106 cm³/mol. The van der Waals surface area contributed by atoms with E-state index < -0.39 is 5.97 Å². The van der Waals surface area contributed by atoms with Crippen LogP contribution in [0.4, 0.5) is 5.82 Å².